The van der Waals surface area contributed by atoms with Crippen LogP contribution in [0.15, 0.2) is 12.7 Å². The first-order valence-electron chi connectivity index (χ1n) is 3.17. The van der Waals surface area contributed by atoms with Crippen LogP contribution in [0.1, 0.15) is 0 Å². The zero-order valence-corrected chi connectivity index (χ0v) is 14.6. The van der Waals surface area contributed by atoms with E-state index in [-0.39, 0.29) is 13.2 Å². The van der Waals surface area contributed by atoms with Gasteiger partial charge in [0.15, 0.2) is 0 Å². The van der Waals surface area contributed by atoms with Crippen molar-refractivity contribution in [1.29, 1.82) is 0 Å². The fourth-order valence-electron chi connectivity index (χ4n) is 0.408. The molecule has 0 saturated heterocycles. The van der Waals surface area contributed by atoms with E-state index in [0.29, 0.717) is 0 Å². The van der Waals surface area contributed by atoms with Crippen molar-refractivity contribution in [3.05, 3.63) is 12.7 Å². The van der Waals surface area contributed by atoms with Crippen molar-refractivity contribution < 1.29 is 18.3 Å². The Morgan fingerprint density at radius 3 is 2.69 bits per heavy atom. The van der Waals surface area contributed by atoms with Crippen LogP contribution >= 0.6 is 0 Å². The normalized spacial score (nSPS) is 11.6. The van der Waals surface area contributed by atoms with E-state index >= 15 is 0 Å². The van der Waals surface area contributed by atoms with Gasteiger partial charge in [0.25, 0.3) is 0 Å². The predicted octanol–water partition coefficient (Wildman–Crippen LogP) is -0.558. The number of nitrogens with zero attached hydrogens (tertiary/aromatic N) is 1. The molecule has 0 saturated carbocycles. The molecule has 0 fully saturated rings. The zero-order valence-electron chi connectivity index (χ0n) is 7.39. The Morgan fingerprint density at radius 1 is 1.77 bits per heavy atom. The Labute approximate surface area is 73.4 Å². The minimum absolute atomic E-state index is 0. The van der Waals surface area contributed by atoms with Gasteiger partial charge < -0.3 is 9.29 Å². The summed E-state index contributed by atoms with van der Waals surface area (Å²) in [5.74, 6) is -0.555. The average Bonchev–Trinajstić information content (AvgIpc) is 2.03. The van der Waals surface area contributed by atoms with Crippen LogP contribution in [0.25, 0.3) is 0 Å². The number of carbonyl (C=O) groups excluding carboxylic acids is 1. The van der Waals surface area contributed by atoms with Crippen molar-refractivity contribution in [2.45, 2.75) is 0 Å². The molecule has 0 aromatic heterocycles. The van der Waals surface area contributed by atoms with Crippen molar-refractivity contribution >= 4 is 17.2 Å². The fraction of sp³-hybridized carbons (Fsp3) is 0.500. The van der Waals surface area contributed by atoms with Gasteiger partial charge >= 0.3 is 5.97 Å². The Morgan fingerprint density at radius 2 is 2.31 bits per heavy atom. The van der Waals surface area contributed by atoms with E-state index in [1.165, 1.54) is 7.05 Å². The van der Waals surface area contributed by atoms with E-state index in [1.807, 2.05) is 0 Å². The Hall–Kier alpha value is -1.72. The molecule has 0 aromatic rings. The van der Waals surface area contributed by atoms with Crippen LogP contribution in [0.5, 0.6) is 0 Å². The Balaban J connectivity index is 0. The smallest absolute Gasteiger partial charge is 0.330 e. The number of hydrogen-bond donors (Lipinski definition) is 0. The number of ether oxygens (including phenoxy) is 1. The van der Waals surface area contributed by atoms with Crippen molar-refractivity contribution in [3.8, 4) is 0 Å². The third kappa shape index (κ3) is 6.67. The summed E-state index contributed by atoms with van der Waals surface area (Å²) in [6.45, 7) is 3.37. The first kappa shape index (κ1) is 13.8. The molecule has 72 valence electrons. The molecule has 5 nitrogen and oxygen atoms in total. The second-order valence-corrected chi connectivity index (χ2v) is 3.00. The van der Waals surface area contributed by atoms with Gasteiger partial charge in [-0.25, -0.2) is 9.10 Å². The fourth-order valence-corrected chi connectivity index (χ4v) is 0.632. The maximum Gasteiger partial charge on any atom is 0.330 e. The van der Waals surface area contributed by atoms with Gasteiger partial charge in [-0.05, 0) is 7.05 Å². The molecular weight excluding hydrogens is 449 g/mol. The minimum atomic E-state index is -2.26. The number of hydrogen-bond acceptors (Lipinski definition) is 4. The quantitative estimate of drug-likeness (QED) is 0.314. The maximum absolute atomic E-state index is 10.5. The van der Waals surface area contributed by atoms with E-state index in [0.717, 1.165) is 10.4 Å². The van der Waals surface area contributed by atoms with Crippen LogP contribution in [0, 0.1) is 0 Å². The average molecular weight is 459 g/mol. The van der Waals surface area contributed by atoms with Crippen LogP contribution < -0.4 is 0 Å². The molecule has 7 heteroatoms. The molecule has 0 rings (SSSR count). The van der Waals surface area contributed by atoms with Gasteiger partial charge in [-0.15, -0.1) is 0 Å². The van der Waals surface area contributed by atoms with Crippen molar-refractivity contribution in [1.82, 2.24) is 4.31 Å². The zero-order chi connectivity index (χ0) is 9.56. The molecule has 0 radical (unpaired) electrons. The van der Waals surface area contributed by atoms with Gasteiger partial charge in [-0.3, -0.25) is 4.21 Å². The number of rotatable bonds is 5. The SMILES string of the molecule is C=CC(=O)OCCN(C)S(=O)[O-].[Rf]. The summed E-state index contributed by atoms with van der Waals surface area (Å²) in [5, 5.41) is 0. The first-order chi connectivity index (χ1) is 5.57. The van der Waals surface area contributed by atoms with Crippen LogP contribution in [-0.4, -0.2) is 39.2 Å². The summed E-state index contributed by atoms with van der Waals surface area (Å²) < 4.78 is 26.0. The second-order valence-electron chi connectivity index (χ2n) is 1.94. The van der Waals surface area contributed by atoms with E-state index in [1.54, 1.807) is 0 Å². The molecule has 0 amide bonds. The molecular formula is C6H10NO4RfS-. The number of esters is 1. The summed E-state index contributed by atoms with van der Waals surface area (Å²) in [4.78, 5) is 10.5. The van der Waals surface area contributed by atoms with Crippen LogP contribution in [0.3, 0.4) is 0 Å². The van der Waals surface area contributed by atoms with E-state index in [2.05, 4.69) is 11.3 Å². The summed E-state index contributed by atoms with van der Waals surface area (Å²) in [7, 11) is 1.38. The molecule has 0 aromatic carbocycles. The summed E-state index contributed by atoms with van der Waals surface area (Å²) in [6.07, 6.45) is 1.02. The molecule has 0 aliphatic heterocycles. The largest absolute Gasteiger partial charge is 0.760 e. The molecule has 1 unspecified atom stereocenters. The predicted molar refractivity (Wildman–Crippen MR) is 42.7 cm³/mol. The maximum atomic E-state index is 10.5. The van der Waals surface area contributed by atoms with Gasteiger partial charge in [0.2, 0.25) is 0 Å². The standard InChI is InChI=1S/C6H11NO4S.Rf/c1-3-6(8)11-5-4-7(2)12(9)10;/h3H,1,4-5H2,2H3,(H,9,10);/p-1. The number of carbonyl (C=O) groups is 1. The molecule has 0 aliphatic rings. The Kier molecular flexibility index (Phi) is 7.41. The molecule has 0 heterocycles. The van der Waals surface area contributed by atoms with Gasteiger partial charge in [0.1, 0.15) is 6.61 Å². The van der Waals surface area contributed by atoms with E-state index < -0.39 is 17.2 Å². The molecule has 13 heavy (non-hydrogen) atoms. The van der Waals surface area contributed by atoms with Crippen LogP contribution in [0.4, 0.5) is 0 Å². The third-order valence-electron chi connectivity index (χ3n) is 1.07. The topological polar surface area (TPSA) is 69.7 Å². The summed E-state index contributed by atoms with van der Waals surface area (Å²) >= 11 is -2.26. The second kappa shape index (κ2) is 6.96. The molecule has 0 bridgehead atoms. The molecule has 0 spiro atoms. The van der Waals surface area contributed by atoms with Crippen molar-refractivity contribution in [2.75, 3.05) is 20.2 Å². The van der Waals surface area contributed by atoms with Gasteiger partial charge in [0.05, 0.1) is 0 Å². The van der Waals surface area contributed by atoms with Gasteiger partial charge in [-0.1, -0.05) is 6.58 Å². The van der Waals surface area contributed by atoms with Gasteiger partial charge in [0, 0.05) is 23.9 Å². The number of likely N-dealkylation sites (N-methyl/N-ethyl adjacent to an activating group) is 1. The monoisotopic (exact) mass is 459 g/mol. The van der Waals surface area contributed by atoms with Gasteiger partial charge in [-0.2, -0.15) is 0 Å². The third-order valence-corrected chi connectivity index (χ3v) is 1.76. The van der Waals surface area contributed by atoms with E-state index in [9.17, 15) is 13.6 Å². The summed E-state index contributed by atoms with van der Waals surface area (Å²) in [6, 6.07) is 0. The summed E-state index contributed by atoms with van der Waals surface area (Å²) in [5.41, 5.74) is 0. The Bertz CT molecular complexity index is 199. The van der Waals surface area contributed by atoms with E-state index in [4.69, 9.17) is 0 Å². The first-order valence-corrected chi connectivity index (χ1v) is 4.21. The molecule has 0 aliphatic carbocycles. The molecule has 0 N–H and O–H groups in total. The van der Waals surface area contributed by atoms with Crippen molar-refractivity contribution in [3.63, 3.8) is 0 Å². The minimum Gasteiger partial charge on any atom is -0.760 e. The van der Waals surface area contributed by atoms with Crippen LogP contribution in [0.2, 0.25) is 0 Å². The van der Waals surface area contributed by atoms with Crippen molar-refractivity contribution in [2.24, 2.45) is 0 Å². The van der Waals surface area contributed by atoms with Crippen LogP contribution in [-0.2, 0) is 20.8 Å². The molecule has 1 atom stereocenters.